The van der Waals surface area contributed by atoms with Gasteiger partial charge >= 0.3 is 0 Å². The summed E-state index contributed by atoms with van der Waals surface area (Å²) in [5.41, 5.74) is 2.76. The van der Waals surface area contributed by atoms with Crippen LogP contribution in [-0.2, 0) is 0 Å². The van der Waals surface area contributed by atoms with Crippen molar-refractivity contribution in [3.05, 3.63) is 89.7 Å². The zero-order valence-corrected chi connectivity index (χ0v) is 13.4. The van der Waals surface area contributed by atoms with Gasteiger partial charge in [-0.15, -0.1) is 0 Å². The minimum Gasteiger partial charge on any atom is -0.496 e. The van der Waals surface area contributed by atoms with Crippen LogP contribution in [0.3, 0.4) is 0 Å². The molecule has 0 saturated heterocycles. The van der Waals surface area contributed by atoms with Crippen molar-refractivity contribution in [3.63, 3.8) is 0 Å². The van der Waals surface area contributed by atoms with Crippen molar-refractivity contribution in [2.24, 2.45) is 0 Å². The molecule has 23 heavy (non-hydrogen) atoms. The Morgan fingerprint density at radius 2 is 1.52 bits per heavy atom. The van der Waals surface area contributed by atoms with Crippen LogP contribution in [0.15, 0.2) is 72.8 Å². The lowest BCUT2D eigenvalue weighted by molar-refractivity contribution is 0.413. The Morgan fingerprint density at radius 1 is 0.913 bits per heavy atom. The molecular formula is C20H15FOS. The van der Waals surface area contributed by atoms with E-state index < -0.39 is 0 Å². The van der Waals surface area contributed by atoms with Gasteiger partial charge < -0.3 is 4.74 Å². The van der Waals surface area contributed by atoms with Gasteiger partial charge in [-0.3, -0.25) is 0 Å². The lowest BCUT2D eigenvalue weighted by Gasteiger charge is -2.13. The summed E-state index contributed by atoms with van der Waals surface area (Å²) in [5.74, 6) is 0.254. The van der Waals surface area contributed by atoms with Crippen molar-refractivity contribution in [1.29, 1.82) is 0 Å². The third-order valence-corrected chi connectivity index (χ3v) is 4.11. The van der Waals surface area contributed by atoms with Gasteiger partial charge in [-0.05, 0) is 23.3 Å². The van der Waals surface area contributed by atoms with Crippen molar-refractivity contribution < 1.29 is 9.13 Å². The fourth-order valence-corrected chi connectivity index (χ4v) is 2.78. The zero-order valence-electron chi connectivity index (χ0n) is 12.6. The molecule has 0 atom stereocenters. The highest BCUT2D eigenvalue weighted by Crippen LogP contribution is 2.31. The fraction of sp³-hybridized carbons (Fsp3) is 0.0500. The fourth-order valence-electron chi connectivity index (χ4n) is 2.48. The van der Waals surface area contributed by atoms with E-state index in [9.17, 15) is 4.39 Å². The summed E-state index contributed by atoms with van der Waals surface area (Å²) in [6.45, 7) is 0. The minimum atomic E-state index is -0.315. The molecule has 114 valence electrons. The third kappa shape index (κ3) is 3.15. The van der Waals surface area contributed by atoms with E-state index in [-0.39, 0.29) is 5.82 Å². The topological polar surface area (TPSA) is 9.23 Å². The monoisotopic (exact) mass is 322 g/mol. The Bertz CT molecular complexity index is 829. The number of hydrogen-bond donors (Lipinski definition) is 0. The maximum atomic E-state index is 14.6. The summed E-state index contributed by atoms with van der Waals surface area (Å²) < 4.78 is 20.1. The maximum absolute atomic E-state index is 14.6. The van der Waals surface area contributed by atoms with Crippen LogP contribution in [0.5, 0.6) is 5.75 Å². The van der Waals surface area contributed by atoms with E-state index in [1.165, 1.54) is 6.07 Å². The Labute approximate surface area is 140 Å². The van der Waals surface area contributed by atoms with E-state index in [2.05, 4.69) is 0 Å². The molecule has 0 heterocycles. The molecule has 1 nitrogen and oxygen atoms in total. The largest absolute Gasteiger partial charge is 0.496 e. The zero-order chi connectivity index (χ0) is 16.2. The van der Waals surface area contributed by atoms with E-state index in [0.717, 1.165) is 11.1 Å². The highest BCUT2D eigenvalue weighted by molar-refractivity contribution is 7.81. The first-order valence-electron chi connectivity index (χ1n) is 7.23. The van der Waals surface area contributed by atoms with Crippen molar-refractivity contribution in [2.45, 2.75) is 0 Å². The Hall–Kier alpha value is -2.52. The molecule has 0 aromatic heterocycles. The van der Waals surface area contributed by atoms with Gasteiger partial charge in [-0.25, -0.2) is 4.39 Å². The predicted molar refractivity (Wildman–Crippen MR) is 95.6 cm³/mol. The van der Waals surface area contributed by atoms with Crippen molar-refractivity contribution in [3.8, 4) is 16.9 Å². The number of rotatable bonds is 4. The van der Waals surface area contributed by atoms with Crippen LogP contribution in [0.2, 0.25) is 0 Å². The van der Waals surface area contributed by atoms with Crippen molar-refractivity contribution in [1.82, 2.24) is 0 Å². The first-order chi connectivity index (χ1) is 11.2. The summed E-state index contributed by atoms with van der Waals surface area (Å²) in [4.78, 5) is 0.570. The van der Waals surface area contributed by atoms with Gasteiger partial charge in [-0.1, -0.05) is 72.9 Å². The molecular weight excluding hydrogens is 307 g/mol. The smallest absolute Gasteiger partial charge is 0.131 e. The van der Waals surface area contributed by atoms with Crippen LogP contribution in [-0.4, -0.2) is 12.0 Å². The van der Waals surface area contributed by atoms with Crippen LogP contribution in [0.4, 0.5) is 4.39 Å². The Balaban J connectivity index is 2.10. The number of ether oxygens (including phenoxy) is 1. The van der Waals surface area contributed by atoms with Crippen LogP contribution in [0.25, 0.3) is 11.1 Å². The summed E-state index contributed by atoms with van der Waals surface area (Å²) in [6.07, 6.45) is 0. The van der Waals surface area contributed by atoms with E-state index in [1.807, 2.05) is 60.7 Å². The van der Waals surface area contributed by atoms with Gasteiger partial charge in [0.15, 0.2) is 0 Å². The van der Waals surface area contributed by atoms with E-state index in [1.54, 1.807) is 13.2 Å². The molecule has 3 aromatic carbocycles. The molecule has 0 aliphatic rings. The molecule has 0 aliphatic heterocycles. The van der Waals surface area contributed by atoms with E-state index in [0.29, 0.717) is 21.7 Å². The minimum absolute atomic E-state index is 0.315. The quantitative estimate of drug-likeness (QED) is 0.478. The molecule has 3 rings (SSSR count). The Morgan fingerprint density at radius 3 is 2.13 bits per heavy atom. The summed E-state index contributed by atoms with van der Waals surface area (Å²) in [5, 5.41) is 0. The molecule has 3 heteroatoms. The highest BCUT2D eigenvalue weighted by atomic mass is 32.1. The summed E-state index contributed by atoms with van der Waals surface area (Å²) in [6, 6.07) is 22.1. The molecule has 3 aromatic rings. The second-order valence-electron chi connectivity index (χ2n) is 5.09. The number of halogens is 1. The van der Waals surface area contributed by atoms with E-state index >= 15 is 0 Å². The van der Waals surface area contributed by atoms with Crippen LogP contribution >= 0.6 is 12.2 Å². The Kier molecular flexibility index (Phi) is 4.49. The summed E-state index contributed by atoms with van der Waals surface area (Å²) >= 11 is 5.51. The number of hydrogen-bond acceptors (Lipinski definition) is 2. The van der Waals surface area contributed by atoms with Gasteiger partial charge in [0, 0.05) is 11.1 Å². The molecule has 0 radical (unpaired) electrons. The van der Waals surface area contributed by atoms with Gasteiger partial charge in [0.25, 0.3) is 0 Å². The standard InChI is InChI=1S/C20H15FOS/c1-22-19-13-16(14-8-4-2-5-9-14)18(21)12-17(19)20(23)15-10-6-3-7-11-15/h2-13H,1H3. The van der Waals surface area contributed by atoms with Crippen molar-refractivity contribution >= 4 is 17.1 Å². The van der Waals surface area contributed by atoms with Gasteiger partial charge in [0.05, 0.1) is 12.0 Å². The van der Waals surface area contributed by atoms with Gasteiger partial charge in [0.1, 0.15) is 11.6 Å². The predicted octanol–water partition coefficient (Wildman–Crippen LogP) is 5.27. The lowest BCUT2D eigenvalue weighted by atomic mass is 9.98. The molecule has 0 unspecified atom stereocenters. The first-order valence-corrected chi connectivity index (χ1v) is 7.64. The second-order valence-corrected chi connectivity index (χ2v) is 5.50. The number of benzene rings is 3. The average Bonchev–Trinajstić information content (AvgIpc) is 2.62. The highest BCUT2D eigenvalue weighted by Gasteiger charge is 2.16. The molecule has 0 N–H and O–H groups in total. The first kappa shape index (κ1) is 15.4. The van der Waals surface area contributed by atoms with Gasteiger partial charge in [-0.2, -0.15) is 0 Å². The molecule has 0 bridgehead atoms. The van der Waals surface area contributed by atoms with Gasteiger partial charge in [0.2, 0.25) is 0 Å². The molecule has 0 saturated carbocycles. The number of thiocarbonyl (C=S) groups is 1. The normalized spacial score (nSPS) is 10.3. The molecule has 0 aliphatic carbocycles. The van der Waals surface area contributed by atoms with Crippen LogP contribution < -0.4 is 4.74 Å². The number of methoxy groups -OCH3 is 1. The van der Waals surface area contributed by atoms with E-state index in [4.69, 9.17) is 17.0 Å². The van der Waals surface area contributed by atoms with Crippen LogP contribution in [0, 0.1) is 5.82 Å². The maximum Gasteiger partial charge on any atom is 0.131 e. The lowest BCUT2D eigenvalue weighted by Crippen LogP contribution is -2.04. The molecule has 0 amide bonds. The molecule has 0 fully saturated rings. The average molecular weight is 322 g/mol. The van der Waals surface area contributed by atoms with Crippen LogP contribution in [0.1, 0.15) is 11.1 Å². The SMILES string of the molecule is COc1cc(-c2ccccc2)c(F)cc1C(=S)c1ccccc1. The second kappa shape index (κ2) is 6.71. The third-order valence-electron chi connectivity index (χ3n) is 3.65. The van der Waals surface area contributed by atoms with Crippen molar-refractivity contribution in [2.75, 3.05) is 7.11 Å². The summed E-state index contributed by atoms with van der Waals surface area (Å²) in [7, 11) is 1.57. The molecule has 0 spiro atoms.